The van der Waals surface area contributed by atoms with Crippen LogP contribution in [0.1, 0.15) is 15.9 Å². The van der Waals surface area contributed by atoms with Crippen molar-refractivity contribution in [2.24, 2.45) is 0 Å². The van der Waals surface area contributed by atoms with Crippen LogP contribution in [-0.4, -0.2) is 58.5 Å². The second kappa shape index (κ2) is 9.15. The number of anilines is 1. The largest absolute Gasteiger partial charge is 0.465 e. The number of piperazine rings is 1. The Labute approximate surface area is 175 Å². The minimum atomic E-state index is -0.459. The molecule has 2 aliphatic heterocycles. The van der Waals surface area contributed by atoms with Crippen LogP contribution in [-0.2, 0) is 16.1 Å². The first-order valence-electron chi connectivity index (χ1n) is 10.2. The third kappa shape index (κ3) is 4.72. The third-order valence-corrected chi connectivity index (χ3v) is 5.57. The summed E-state index contributed by atoms with van der Waals surface area (Å²) in [7, 11) is 1.33. The van der Waals surface area contributed by atoms with Crippen molar-refractivity contribution in [2.75, 3.05) is 51.9 Å². The molecule has 30 heavy (non-hydrogen) atoms. The van der Waals surface area contributed by atoms with Gasteiger partial charge in [-0.2, -0.15) is 0 Å². The first kappa shape index (κ1) is 20.2. The van der Waals surface area contributed by atoms with Crippen molar-refractivity contribution in [1.29, 1.82) is 0 Å². The highest BCUT2D eigenvalue weighted by Crippen LogP contribution is 2.32. The Morgan fingerprint density at radius 3 is 2.53 bits per heavy atom. The smallest absolute Gasteiger partial charge is 0.339 e. The maximum atomic E-state index is 12.5. The molecule has 1 saturated heterocycles. The summed E-state index contributed by atoms with van der Waals surface area (Å²) in [6, 6.07) is 13.0. The van der Waals surface area contributed by atoms with Crippen molar-refractivity contribution in [1.82, 2.24) is 0 Å². The zero-order valence-corrected chi connectivity index (χ0v) is 17.0. The van der Waals surface area contributed by atoms with Crippen LogP contribution in [0, 0.1) is 0 Å². The van der Waals surface area contributed by atoms with Crippen LogP contribution in [0.5, 0.6) is 11.5 Å². The van der Waals surface area contributed by atoms with Gasteiger partial charge in [-0.25, -0.2) is 4.79 Å². The number of ether oxygens (including phenoxy) is 3. The second-order valence-electron chi connectivity index (χ2n) is 7.63. The van der Waals surface area contributed by atoms with Crippen LogP contribution in [0.25, 0.3) is 0 Å². The van der Waals surface area contributed by atoms with Gasteiger partial charge in [-0.15, -0.1) is 0 Å². The molecular formula is C22H27N3O5+2. The summed E-state index contributed by atoms with van der Waals surface area (Å²) in [5, 5.41) is 2.85. The molecule has 0 atom stereocenters. The van der Waals surface area contributed by atoms with Crippen LogP contribution in [0.2, 0.25) is 0 Å². The van der Waals surface area contributed by atoms with E-state index in [1.165, 1.54) is 22.5 Å². The molecule has 0 bridgehead atoms. The molecule has 158 valence electrons. The van der Waals surface area contributed by atoms with Gasteiger partial charge in [-0.1, -0.05) is 12.1 Å². The van der Waals surface area contributed by atoms with E-state index in [0.29, 0.717) is 24.6 Å². The minimum absolute atomic E-state index is 0.0967. The summed E-state index contributed by atoms with van der Waals surface area (Å²) in [6.45, 7) is 5.44. The number of hydrogen-bond acceptors (Lipinski definition) is 5. The molecule has 0 aromatic heterocycles. The highest BCUT2D eigenvalue weighted by molar-refractivity contribution is 6.01. The van der Waals surface area contributed by atoms with Gasteiger partial charge in [0.2, 0.25) is 6.79 Å². The lowest BCUT2D eigenvalue weighted by molar-refractivity contribution is -1.02. The van der Waals surface area contributed by atoms with Crippen LogP contribution < -0.4 is 24.6 Å². The maximum absolute atomic E-state index is 12.5. The Balaban J connectivity index is 1.26. The molecule has 0 saturated carbocycles. The van der Waals surface area contributed by atoms with Crippen molar-refractivity contribution in [3.63, 3.8) is 0 Å². The highest BCUT2D eigenvalue weighted by atomic mass is 16.7. The van der Waals surface area contributed by atoms with E-state index in [2.05, 4.69) is 17.4 Å². The number of carbonyl (C=O) groups excluding carboxylic acids is 2. The molecule has 2 aromatic carbocycles. The third-order valence-electron chi connectivity index (χ3n) is 5.57. The average Bonchev–Trinajstić information content (AvgIpc) is 3.23. The summed E-state index contributed by atoms with van der Waals surface area (Å²) >= 11 is 0. The van der Waals surface area contributed by atoms with Crippen molar-refractivity contribution in [2.45, 2.75) is 6.54 Å². The maximum Gasteiger partial charge on any atom is 0.339 e. The van der Waals surface area contributed by atoms with Crippen LogP contribution >= 0.6 is 0 Å². The molecule has 2 aromatic rings. The summed E-state index contributed by atoms with van der Waals surface area (Å²) in [5.74, 6) is 1.07. The van der Waals surface area contributed by atoms with Gasteiger partial charge in [0.15, 0.2) is 18.0 Å². The second-order valence-corrected chi connectivity index (χ2v) is 7.63. The molecule has 0 unspecified atom stereocenters. The van der Waals surface area contributed by atoms with Gasteiger partial charge in [0.05, 0.1) is 18.4 Å². The van der Waals surface area contributed by atoms with Crippen LogP contribution in [0.3, 0.4) is 0 Å². The van der Waals surface area contributed by atoms with E-state index in [9.17, 15) is 9.59 Å². The molecule has 2 heterocycles. The lowest BCUT2D eigenvalue weighted by atomic mass is 10.1. The Morgan fingerprint density at radius 1 is 1.00 bits per heavy atom. The van der Waals surface area contributed by atoms with E-state index in [1.54, 1.807) is 24.3 Å². The molecule has 0 aliphatic carbocycles. The molecule has 2 aliphatic rings. The zero-order chi connectivity index (χ0) is 20.9. The van der Waals surface area contributed by atoms with E-state index >= 15 is 0 Å². The van der Waals surface area contributed by atoms with Gasteiger partial charge < -0.3 is 29.3 Å². The summed E-state index contributed by atoms with van der Waals surface area (Å²) in [5.41, 5.74) is 2.08. The van der Waals surface area contributed by atoms with Gasteiger partial charge in [0, 0.05) is 5.56 Å². The van der Waals surface area contributed by atoms with E-state index in [-0.39, 0.29) is 5.91 Å². The number of amides is 1. The lowest BCUT2D eigenvalue weighted by Crippen LogP contribution is -3.28. The summed E-state index contributed by atoms with van der Waals surface area (Å²) in [4.78, 5) is 27.1. The van der Waals surface area contributed by atoms with E-state index in [0.717, 1.165) is 44.2 Å². The predicted molar refractivity (Wildman–Crippen MR) is 109 cm³/mol. The quantitative estimate of drug-likeness (QED) is 0.536. The number of para-hydroxylation sites is 1. The van der Waals surface area contributed by atoms with Crippen LogP contribution in [0.4, 0.5) is 5.69 Å². The van der Waals surface area contributed by atoms with E-state index in [4.69, 9.17) is 14.2 Å². The van der Waals surface area contributed by atoms with Gasteiger partial charge in [-0.3, -0.25) is 4.79 Å². The normalized spacial score (nSPS) is 19.9. The van der Waals surface area contributed by atoms with E-state index < -0.39 is 5.97 Å². The number of hydrogen-bond donors (Lipinski definition) is 3. The molecule has 0 spiro atoms. The van der Waals surface area contributed by atoms with Gasteiger partial charge in [0.25, 0.3) is 5.91 Å². The Kier molecular flexibility index (Phi) is 6.15. The van der Waals surface area contributed by atoms with Crippen LogP contribution in [0.15, 0.2) is 42.5 Å². The monoisotopic (exact) mass is 413 g/mol. The number of esters is 1. The van der Waals surface area contributed by atoms with Crippen molar-refractivity contribution in [3.8, 4) is 11.5 Å². The zero-order valence-electron chi connectivity index (χ0n) is 17.0. The molecule has 3 N–H and O–H groups in total. The molecule has 8 nitrogen and oxygen atoms in total. The number of rotatable bonds is 6. The number of carbonyl (C=O) groups is 2. The molecular weight excluding hydrogens is 386 g/mol. The predicted octanol–water partition coefficient (Wildman–Crippen LogP) is -0.876. The van der Waals surface area contributed by atoms with Crippen molar-refractivity contribution in [3.05, 3.63) is 53.6 Å². The summed E-state index contributed by atoms with van der Waals surface area (Å²) in [6.07, 6.45) is 0. The minimum Gasteiger partial charge on any atom is -0.465 e. The number of benzene rings is 2. The summed E-state index contributed by atoms with van der Waals surface area (Å²) < 4.78 is 15.6. The molecule has 0 radical (unpaired) electrons. The Hall–Kier alpha value is -3.10. The van der Waals surface area contributed by atoms with Gasteiger partial charge in [-0.05, 0) is 30.3 Å². The Bertz CT molecular complexity index is 925. The van der Waals surface area contributed by atoms with Gasteiger partial charge >= 0.3 is 5.97 Å². The molecule has 1 fully saturated rings. The standard InChI is InChI=1S/C22H25N3O5/c1-28-22(27)17-4-2-3-5-18(17)23-21(26)14-25-10-8-24(9-11-25)13-16-6-7-19-20(12-16)30-15-29-19/h2-7,12H,8-11,13-15H2,1H3,(H,23,26)/p+2. The highest BCUT2D eigenvalue weighted by Gasteiger charge is 2.26. The molecule has 8 heteroatoms. The first-order chi connectivity index (χ1) is 14.6. The number of fused-ring (bicyclic) bond motifs is 1. The first-order valence-corrected chi connectivity index (χ1v) is 10.2. The number of quaternary nitrogens is 2. The number of methoxy groups -OCH3 is 1. The SMILES string of the molecule is COC(=O)c1ccccc1NC(=O)C[NH+]1CC[NH+](Cc2ccc3c(c2)OCO3)CC1. The average molecular weight is 413 g/mol. The number of nitrogens with one attached hydrogen (secondary N) is 3. The van der Waals surface area contributed by atoms with Crippen molar-refractivity contribution >= 4 is 17.6 Å². The van der Waals surface area contributed by atoms with Gasteiger partial charge in [0.1, 0.15) is 32.7 Å². The topological polar surface area (TPSA) is 82.7 Å². The fraction of sp³-hybridized carbons (Fsp3) is 0.364. The van der Waals surface area contributed by atoms with Crippen molar-refractivity contribution < 1.29 is 33.6 Å². The molecule has 1 amide bonds. The fourth-order valence-corrected chi connectivity index (χ4v) is 3.95. The fourth-order valence-electron chi connectivity index (χ4n) is 3.95. The molecule has 4 rings (SSSR count). The van der Waals surface area contributed by atoms with E-state index in [1.807, 2.05) is 6.07 Å². The lowest BCUT2D eigenvalue weighted by Gasteiger charge is -2.29. The Morgan fingerprint density at radius 2 is 1.73 bits per heavy atom.